The minimum atomic E-state index is -0.00974. The molecule has 0 bridgehead atoms. The van der Waals surface area contributed by atoms with Crippen LogP contribution in [0.5, 0.6) is 0 Å². The SMILES string of the molecule is O=C(c1ccco1)N1CCN(C/C=C/c2ccccc2)CC1.[Cl-].[H+]. The molecule has 1 saturated heterocycles. The lowest BCUT2D eigenvalue weighted by atomic mass is 10.2. The topological polar surface area (TPSA) is 36.7 Å². The minimum Gasteiger partial charge on any atom is -1.00 e. The zero-order valence-electron chi connectivity index (χ0n) is 13.9. The quantitative estimate of drug-likeness (QED) is 0.782. The highest BCUT2D eigenvalue weighted by atomic mass is 35.5. The fourth-order valence-electron chi connectivity index (χ4n) is 2.59. The number of amides is 1. The highest BCUT2D eigenvalue weighted by Gasteiger charge is 2.22. The van der Waals surface area contributed by atoms with Crippen molar-refractivity contribution in [3.63, 3.8) is 0 Å². The number of hydrogen-bond acceptors (Lipinski definition) is 3. The standard InChI is InChI=1S/C18H20N2O2.ClH/c21-18(17-9-5-15-22-17)20-13-11-19(12-14-20)10-4-8-16-6-2-1-3-7-16;/h1-9,15H,10-14H2;1H/b8-4+;. The summed E-state index contributed by atoms with van der Waals surface area (Å²) in [5.41, 5.74) is 1.22. The molecule has 1 amide bonds. The van der Waals surface area contributed by atoms with Crippen molar-refractivity contribution >= 4 is 12.0 Å². The van der Waals surface area contributed by atoms with Crippen LogP contribution in [0.15, 0.2) is 59.2 Å². The van der Waals surface area contributed by atoms with Crippen LogP contribution in [0, 0.1) is 0 Å². The van der Waals surface area contributed by atoms with Crippen molar-refractivity contribution in [3.8, 4) is 0 Å². The molecule has 2 aromatic rings. The number of rotatable bonds is 4. The first-order chi connectivity index (χ1) is 10.8. The molecular weight excluding hydrogens is 312 g/mol. The monoisotopic (exact) mass is 332 g/mol. The fraction of sp³-hybridized carbons (Fsp3) is 0.278. The Morgan fingerprint density at radius 3 is 2.48 bits per heavy atom. The first kappa shape index (κ1) is 17.3. The van der Waals surface area contributed by atoms with Crippen LogP contribution in [-0.4, -0.2) is 48.4 Å². The van der Waals surface area contributed by atoms with Crippen LogP contribution in [0.3, 0.4) is 0 Å². The summed E-state index contributed by atoms with van der Waals surface area (Å²) in [4.78, 5) is 16.4. The smallest absolute Gasteiger partial charge is 1.00 e. The number of furan rings is 1. The van der Waals surface area contributed by atoms with E-state index < -0.39 is 0 Å². The second-order valence-electron chi connectivity index (χ2n) is 5.38. The van der Waals surface area contributed by atoms with Crippen LogP contribution in [-0.2, 0) is 0 Å². The minimum absolute atomic E-state index is 0. The van der Waals surface area contributed by atoms with Crippen molar-refractivity contribution in [2.75, 3.05) is 32.7 Å². The molecule has 1 aromatic heterocycles. The van der Waals surface area contributed by atoms with Gasteiger partial charge in [0.15, 0.2) is 5.76 Å². The van der Waals surface area contributed by atoms with Gasteiger partial charge in [-0.2, -0.15) is 0 Å². The molecule has 1 aromatic carbocycles. The average molecular weight is 333 g/mol. The normalized spacial score (nSPS) is 15.6. The first-order valence-corrected chi connectivity index (χ1v) is 7.59. The molecule has 1 aliphatic rings. The molecule has 0 radical (unpaired) electrons. The van der Waals surface area contributed by atoms with Crippen molar-refractivity contribution in [3.05, 3.63) is 66.1 Å². The molecular formula is C18H21ClN2O2. The molecule has 0 spiro atoms. The van der Waals surface area contributed by atoms with Crippen LogP contribution >= 0.6 is 0 Å². The van der Waals surface area contributed by atoms with Gasteiger partial charge < -0.3 is 21.7 Å². The summed E-state index contributed by atoms with van der Waals surface area (Å²) < 4.78 is 5.17. The Balaban J connectivity index is 0.00000144. The van der Waals surface area contributed by atoms with Gasteiger partial charge in [-0.25, -0.2) is 0 Å². The molecule has 23 heavy (non-hydrogen) atoms. The zero-order chi connectivity index (χ0) is 15.2. The molecule has 2 heterocycles. The third-order valence-electron chi connectivity index (χ3n) is 3.86. The van der Waals surface area contributed by atoms with E-state index in [1.54, 1.807) is 12.1 Å². The Bertz CT molecular complexity index is 624. The summed E-state index contributed by atoms with van der Waals surface area (Å²) in [5, 5.41) is 0. The summed E-state index contributed by atoms with van der Waals surface area (Å²) in [6, 6.07) is 13.8. The van der Waals surface area contributed by atoms with Gasteiger partial charge in [-0.1, -0.05) is 42.5 Å². The molecule has 0 N–H and O–H groups in total. The lowest BCUT2D eigenvalue weighted by Gasteiger charge is -2.33. The van der Waals surface area contributed by atoms with Crippen LogP contribution in [0.1, 0.15) is 17.5 Å². The summed E-state index contributed by atoms with van der Waals surface area (Å²) in [7, 11) is 0. The second kappa shape index (κ2) is 8.56. The molecule has 1 fully saturated rings. The Labute approximate surface area is 144 Å². The summed E-state index contributed by atoms with van der Waals surface area (Å²) in [5.74, 6) is 0.418. The Hall–Kier alpha value is -2.04. The molecule has 0 aliphatic carbocycles. The van der Waals surface area contributed by atoms with E-state index in [0.29, 0.717) is 5.76 Å². The van der Waals surface area contributed by atoms with E-state index in [1.807, 2.05) is 23.1 Å². The van der Waals surface area contributed by atoms with Crippen LogP contribution < -0.4 is 12.4 Å². The van der Waals surface area contributed by atoms with Crippen molar-refractivity contribution in [1.82, 2.24) is 9.80 Å². The number of nitrogens with zero attached hydrogens (tertiary/aromatic N) is 2. The Morgan fingerprint density at radius 1 is 1.09 bits per heavy atom. The number of benzene rings is 1. The van der Waals surface area contributed by atoms with Gasteiger partial charge >= 0.3 is 1.43 Å². The Kier molecular flexibility index (Phi) is 6.44. The molecule has 5 heteroatoms. The van der Waals surface area contributed by atoms with Crippen LogP contribution in [0.2, 0.25) is 0 Å². The van der Waals surface area contributed by atoms with Crippen molar-refractivity contribution in [2.45, 2.75) is 0 Å². The molecule has 0 atom stereocenters. The number of hydrogen-bond donors (Lipinski definition) is 0. The van der Waals surface area contributed by atoms with Gasteiger partial charge in [0.1, 0.15) is 0 Å². The molecule has 0 unspecified atom stereocenters. The van der Waals surface area contributed by atoms with Gasteiger partial charge in [0, 0.05) is 32.7 Å². The first-order valence-electron chi connectivity index (χ1n) is 7.59. The zero-order valence-corrected chi connectivity index (χ0v) is 13.7. The number of halogens is 1. The highest BCUT2D eigenvalue weighted by molar-refractivity contribution is 5.91. The molecule has 1 aliphatic heterocycles. The molecule has 0 saturated carbocycles. The summed E-state index contributed by atoms with van der Waals surface area (Å²) in [6.07, 6.45) is 5.86. The molecule has 4 nitrogen and oxygen atoms in total. The maximum atomic E-state index is 12.2. The third-order valence-corrected chi connectivity index (χ3v) is 3.86. The largest absolute Gasteiger partial charge is 1.00 e. The van der Waals surface area contributed by atoms with E-state index in [1.165, 1.54) is 11.8 Å². The predicted octanol–water partition coefficient (Wildman–Crippen LogP) is -0.133. The van der Waals surface area contributed by atoms with E-state index in [-0.39, 0.29) is 19.7 Å². The van der Waals surface area contributed by atoms with E-state index in [2.05, 4.69) is 29.2 Å². The number of carbonyl (C=O) groups excluding carboxylic acids is 1. The maximum Gasteiger partial charge on any atom is 1.00 e. The van der Waals surface area contributed by atoms with E-state index in [4.69, 9.17) is 4.42 Å². The number of piperazine rings is 1. The van der Waals surface area contributed by atoms with E-state index in [0.717, 1.165) is 32.7 Å². The van der Waals surface area contributed by atoms with E-state index >= 15 is 0 Å². The summed E-state index contributed by atoms with van der Waals surface area (Å²) >= 11 is 0. The average Bonchev–Trinajstić information content (AvgIpc) is 3.10. The van der Waals surface area contributed by atoms with Gasteiger partial charge in [-0.15, -0.1) is 0 Å². The van der Waals surface area contributed by atoms with Crippen molar-refractivity contribution in [2.24, 2.45) is 0 Å². The second-order valence-corrected chi connectivity index (χ2v) is 5.38. The lowest BCUT2D eigenvalue weighted by molar-refractivity contribution is -0.0000149. The third kappa shape index (κ3) is 4.71. The van der Waals surface area contributed by atoms with Gasteiger partial charge in [-0.05, 0) is 17.7 Å². The van der Waals surface area contributed by atoms with Crippen molar-refractivity contribution in [1.29, 1.82) is 0 Å². The Morgan fingerprint density at radius 2 is 1.83 bits per heavy atom. The molecule has 3 rings (SSSR count). The van der Waals surface area contributed by atoms with Gasteiger partial charge in [0.25, 0.3) is 5.91 Å². The highest BCUT2D eigenvalue weighted by Crippen LogP contribution is 2.09. The van der Waals surface area contributed by atoms with Gasteiger partial charge in [0.2, 0.25) is 0 Å². The van der Waals surface area contributed by atoms with E-state index in [9.17, 15) is 4.79 Å². The lowest BCUT2D eigenvalue weighted by Crippen LogP contribution is -3.00. The molecule has 122 valence electrons. The fourth-order valence-corrected chi connectivity index (χ4v) is 2.59. The van der Waals surface area contributed by atoms with Gasteiger partial charge in [-0.3, -0.25) is 9.69 Å². The van der Waals surface area contributed by atoms with Crippen LogP contribution in [0.4, 0.5) is 0 Å². The number of carbonyl (C=O) groups is 1. The van der Waals surface area contributed by atoms with Crippen molar-refractivity contribution < 1.29 is 23.0 Å². The van der Waals surface area contributed by atoms with Gasteiger partial charge in [0.05, 0.1) is 6.26 Å². The predicted molar refractivity (Wildman–Crippen MR) is 87.6 cm³/mol. The van der Waals surface area contributed by atoms with Crippen LogP contribution in [0.25, 0.3) is 6.08 Å². The summed E-state index contributed by atoms with van der Waals surface area (Å²) in [6.45, 7) is 4.20. The maximum absolute atomic E-state index is 12.2.